The van der Waals surface area contributed by atoms with Gasteiger partial charge in [0, 0.05) is 31.2 Å². The number of aromatic nitrogens is 1. The van der Waals surface area contributed by atoms with Crippen LogP contribution in [0.1, 0.15) is 6.99 Å². The number of aryl methyl sites for hydroxylation is 1. The first-order valence-corrected chi connectivity index (χ1v) is 10.2. The van der Waals surface area contributed by atoms with E-state index in [-0.39, 0.29) is 6.32 Å². The number of benzene rings is 1. The van der Waals surface area contributed by atoms with Gasteiger partial charge in [-0.15, -0.1) is 0 Å². The fraction of sp³-hybridized carbons (Fsp3) is 0.353. The Hall–Kier alpha value is -1.64. The van der Waals surface area contributed by atoms with E-state index in [1.165, 1.54) is 0 Å². The van der Waals surface area contributed by atoms with Crippen molar-refractivity contribution in [3.8, 4) is 0 Å². The van der Waals surface area contributed by atoms with E-state index in [0.717, 1.165) is 23.1 Å². The van der Waals surface area contributed by atoms with Crippen LogP contribution in [-0.4, -0.2) is 51.5 Å². The number of nitrogens with one attached hydrogen (secondary N) is 1. The second-order valence-electron chi connectivity index (χ2n) is 6.47. The van der Waals surface area contributed by atoms with Gasteiger partial charge in [-0.2, -0.15) is 0 Å². The Bertz CT molecular complexity index is 869. The van der Waals surface area contributed by atoms with Crippen LogP contribution in [0.15, 0.2) is 45.9 Å². The normalized spacial score (nSPS) is 15.3. The van der Waals surface area contributed by atoms with Gasteiger partial charge in [0.1, 0.15) is 0 Å². The molecule has 136 valence electrons. The standard InChI is InChI=1S/C17H21BrN4O2S.H2/c1-12-4-6-15(7-5-12)25(23,24)20-16-8-13(18)9-19-17(16)22-10-14(11-22)21(2)3;/h4-9,14,20H,10-11H2,1-3H3;1H. The Morgan fingerprint density at radius 1 is 1.28 bits per heavy atom. The average Bonchev–Trinajstić information content (AvgIpc) is 2.47. The van der Waals surface area contributed by atoms with Crippen LogP contribution in [0.5, 0.6) is 0 Å². The van der Waals surface area contributed by atoms with Crippen molar-refractivity contribution >= 4 is 37.5 Å². The second kappa shape index (κ2) is 6.93. The number of anilines is 2. The monoisotopic (exact) mass is 426 g/mol. The highest BCUT2D eigenvalue weighted by atomic mass is 79.9. The Balaban J connectivity index is 0.00000243. The molecule has 1 N–H and O–H groups in total. The lowest BCUT2D eigenvalue weighted by molar-refractivity contribution is 0.246. The van der Waals surface area contributed by atoms with Crippen LogP contribution in [0.3, 0.4) is 0 Å². The molecule has 0 spiro atoms. The van der Waals surface area contributed by atoms with Crippen molar-refractivity contribution in [2.75, 3.05) is 36.8 Å². The summed E-state index contributed by atoms with van der Waals surface area (Å²) in [5, 5.41) is 0. The highest BCUT2D eigenvalue weighted by Gasteiger charge is 2.31. The quantitative estimate of drug-likeness (QED) is 0.795. The first-order chi connectivity index (χ1) is 11.8. The number of rotatable bonds is 5. The number of hydrogen-bond acceptors (Lipinski definition) is 5. The van der Waals surface area contributed by atoms with E-state index < -0.39 is 10.0 Å². The van der Waals surface area contributed by atoms with E-state index in [0.29, 0.717) is 17.5 Å². The van der Waals surface area contributed by atoms with Crippen molar-refractivity contribution in [3.05, 3.63) is 46.6 Å². The van der Waals surface area contributed by atoms with Crippen molar-refractivity contribution in [1.82, 2.24) is 9.88 Å². The third-order valence-corrected chi connectivity index (χ3v) is 6.12. The molecule has 0 bridgehead atoms. The van der Waals surface area contributed by atoms with E-state index in [1.807, 2.05) is 21.0 Å². The molecule has 8 heteroatoms. The smallest absolute Gasteiger partial charge is 0.262 e. The summed E-state index contributed by atoms with van der Waals surface area (Å²) in [4.78, 5) is 8.89. The molecule has 1 aromatic carbocycles. The predicted molar refractivity (Wildman–Crippen MR) is 106 cm³/mol. The minimum Gasteiger partial charge on any atom is -0.352 e. The molecule has 25 heavy (non-hydrogen) atoms. The minimum absolute atomic E-state index is 0. The van der Waals surface area contributed by atoms with Crippen LogP contribution >= 0.6 is 15.9 Å². The topological polar surface area (TPSA) is 65.5 Å². The Morgan fingerprint density at radius 2 is 1.92 bits per heavy atom. The molecule has 1 aliphatic heterocycles. The molecular formula is C17H23BrN4O2S. The highest BCUT2D eigenvalue weighted by molar-refractivity contribution is 9.10. The van der Waals surface area contributed by atoms with E-state index in [2.05, 4.69) is 35.4 Å². The van der Waals surface area contributed by atoms with Crippen LogP contribution in [0, 0.1) is 6.92 Å². The third-order valence-electron chi connectivity index (χ3n) is 4.30. The van der Waals surface area contributed by atoms with Gasteiger partial charge < -0.3 is 9.80 Å². The molecule has 1 saturated heterocycles. The number of sulfonamides is 1. The summed E-state index contributed by atoms with van der Waals surface area (Å²) in [5.41, 5.74) is 1.49. The second-order valence-corrected chi connectivity index (χ2v) is 9.06. The maximum absolute atomic E-state index is 12.7. The molecule has 3 rings (SSSR count). The average molecular weight is 427 g/mol. The van der Waals surface area contributed by atoms with E-state index in [9.17, 15) is 8.42 Å². The van der Waals surface area contributed by atoms with Gasteiger partial charge >= 0.3 is 0 Å². The number of halogens is 1. The van der Waals surface area contributed by atoms with Crippen molar-refractivity contribution in [2.45, 2.75) is 17.9 Å². The van der Waals surface area contributed by atoms with Gasteiger partial charge in [-0.25, -0.2) is 13.4 Å². The summed E-state index contributed by atoms with van der Waals surface area (Å²) in [6, 6.07) is 8.98. The molecule has 0 saturated carbocycles. The number of likely N-dealkylation sites (N-methyl/N-ethyl adjacent to an activating group) is 1. The van der Waals surface area contributed by atoms with Gasteiger partial charge in [0.15, 0.2) is 5.82 Å². The molecule has 1 aliphatic rings. The molecule has 1 aromatic heterocycles. The van der Waals surface area contributed by atoms with Crippen LogP contribution in [0.25, 0.3) is 0 Å². The zero-order valence-corrected chi connectivity index (χ0v) is 16.8. The van der Waals surface area contributed by atoms with E-state index in [4.69, 9.17) is 0 Å². The molecule has 2 aromatic rings. The van der Waals surface area contributed by atoms with Crippen molar-refractivity contribution in [3.63, 3.8) is 0 Å². The number of nitrogens with zero attached hydrogens (tertiary/aromatic N) is 3. The molecule has 0 amide bonds. The third kappa shape index (κ3) is 3.96. The van der Waals surface area contributed by atoms with E-state index in [1.54, 1.807) is 36.5 Å². The first kappa shape index (κ1) is 18.2. The SMILES string of the molecule is Cc1ccc(S(=O)(=O)Nc2cc(Br)cnc2N2CC(N(C)C)C2)cc1.[HH]. The Labute approximate surface area is 158 Å². The number of pyridine rings is 1. The zero-order chi connectivity index (χ0) is 18.2. The summed E-state index contributed by atoms with van der Waals surface area (Å²) in [6.45, 7) is 3.56. The van der Waals surface area contributed by atoms with Gasteiger partial charge in [0.05, 0.1) is 10.6 Å². The van der Waals surface area contributed by atoms with Crippen LogP contribution in [0.2, 0.25) is 0 Å². The summed E-state index contributed by atoms with van der Waals surface area (Å²) < 4.78 is 28.8. The predicted octanol–water partition coefficient (Wildman–Crippen LogP) is 2.95. The van der Waals surface area contributed by atoms with Crippen LogP contribution in [0.4, 0.5) is 11.5 Å². The molecule has 0 unspecified atom stereocenters. The zero-order valence-electron chi connectivity index (χ0n) is 14.4. The Morgan fingerprint density at radius 3 is 2.52 bits per heavy atom. The fourth-order valence-corrected chi connectivity index (χ4v) is 4.02. The molecule has 0 radical (unpaired) electrons. The molecule has 0 aliphatic carbocycles. The summed E-state index contributed by atoms with van der Waals surface area (Å²) in [5.74, 6) is 0.650. The lowest BCUT2D eigenvalue weighted by Crippen LogP contribution is -2.57. The van der Waals surface area contributed by atoms with Crippen molar-refractivity contribution in [1.29, 1.82) is 0 Å². The minimum atomic E-state index is -3.66. The maximum atomic E-state index is 12.7. The summed E-state index contributed by atoms with van der Waals surface area (Å²) in [7, 11) is 0.415. The number of hydrogen-bond donors (Lipinski definition) is 1. The lowest BCUT2D eigenvalue weighted by Gasteiger charge is -2.44. The molecule has 6 nitrogen and oxygen atoms in total. The largest absolute Gasteiger partial charge is 0.352 e. The van der Waals surface area contributed by atoms with Crippen molar-refractivity contribution < 1.29 is 9.84 Å². The molecule has 2 heterocycles. The first-order valence-electron chi connectivity index (χ1n) is 7.92. The van der Waals surface area contributed by atoms with E-state index >= 15 is 0 Å². The fourth-order valence-electron chi connectivity index (χ4n) is 2.64. The summed E-state index contributed by atoms with van der Waals surface area (Å²) >= 11 is 3.37. The lowest BCUT2D eigenvalue weighted by atomic mass is 10.1. The van der Waals surface area contributed by atoms with Crippen molar-refractivity contribution in [2.24, 2.45) is 0 Å². The van der Waals surface area contributed by atoms with Gasteiger partial charge in [0.25, 0.3) is 10.0 Å². The van der Waals surface area contributed by atoms with Crippen LogP contribution < -0.4 is 9.62 Å². The van der Waals surface area contributed by atoms with Gasteiger partial charge in [-0.3, -0.25) is 4.72 Å². The molecule has 0 atom stereocenters. The highest BCUT2D eigenvalue weighted by Crippen LogP contribution is 2.32. The summed E-state index contributed by atoms with van der Waals surface area (Å²) in [6.07, 6.45) is 1.68. The van der Waals surface area contributed by atoms with Gasteiger partial charge in [-0.1, -0.05) is 17.7 Å². The van der Waals surface area contributed by atoms with Gasteiger partial charge in [-0.05, 0) is 55.1 Å². The molecule has 1 fully saturated rings. The van der Waals surface area contributed by atoms with Gasteiger partial charge in [0.2, 0.25) is 0 Å². The van der Waals surface area contributed by atoms with Crippen LogP contribution in [-0.2, 0) is 10.0 Å². The maximum Gasteiger partial charge on any atom is 0.262 e. The Kier molecular flexibility index (Phi) is 5.04. The molecular weight excluding hydrogens is 404 g/mol.